The Morgan fingerprint density at radius 1 is 1.45 bits per heavy atom. The molecule has 2 atom stereocenters. The summed E-state index contributed by atoms with van der Waals surface area (Å²) in [6.07, 6.45) is 4.77. The molecular formula is C17H22N2O. The fourth-order valence-electron chi connectivity index (χ4n) is 3.92. The fraction of sp³-hybridized carbons (Fsp3) is 0.529. The van der Waals surface area contributed by atoms with Crippen molar-refractivity contribution >= 4 is 11.7 Å². The van der Waals surface area contributed by atoms with Crippen LogP contribution in [0.2, 0.25) is 0 Å². The molecule has 0 aromatic carbocycles. The first-order valence-electron chi connectivity index (χ1n) is 7.30. The molecule has 0 saturated heterocycles. The van der Waals surface area contributed by atoms with Crippen LogP contribution in [0.4, 0.5) is 5.82 Å². The van der Waals surface area contributed by atoms with E-state index in [0.29, 0.717) is 11.7 Å². The number of hydrogen-bond acceptors (Lipinski definition) is 2. The Morgan fingerprint density at radius 3 is 2.75 bits per heavy atom. The summed E-state index contributed by atoms with van der Waals surface area (Å²) in [6, 6.07) is 3.82. The zero-order valence-electron chi connectivity index (χ0n) is 12.5. The smallest absolute Gasteiger partial charge is 0.235 e. The van der Waals surface area contributed by atoms with Crippen LogP contribution in [0.3, 0.4) is 0 Å². The molecule has 0 aliphatic heterocycles. The van der Waals surface area contributed by atoms with E-state index in [1.165, 1.54) is 0 Å². The standard InChI is InChI=1S/C17H22N2O/c1-11-5-6-14(18-10-11)19-15(20)17-8-7-13(9-17)16(3,4)12(17)2/h5-6,10,13H,2,7-9H2,1,3-4H3,(H,18,19,20)/t13-,17-/m1/s1. The van der Waals surface area contributed by atoms with Crippen molar-refractivity contribution < 1.29 is 4.79 Å². The van der Waals surface area contributed by atoms with Crippen LogP contribution in [-0.2, 0) is 4.79 Å². The topological polar surface area (TPSA) is 42.0 Å². The van der Waals surface area contributed by atoms with Crippen LogP contribution in [0.15, 0.2) is 30.5 Å². The van der Waals surface area contributed by atoms with E-state index >= 15 is 0 Å². The van der Waals surface area contributed by atoms with E-state index in [-0.39, 0.29) is 16.7 Å². The van der Waals surface area contributed by atoms with Crippen LogP contribution in [0.5, 0.6) is 0 Å². The highest BCUT2D eigenvalue weighted by molar-refractivity contribution is 5.97. The molecule has 0 radical (unpaired) electrons. The van der Waals surface area contributed by atoms with Crippen molar-refractivity contribution in [2.45, 2.75) is 40.0 Å². The van der Waals surface area contributed by atoms with Crippen molar-refractivity contribution in [3.63, 3.8) is 0 Å². The molecule has 2 fully saturated rings. The molecule has 2 aliphatic rings. The minimum absolute atomic E-state index is 0.0759. The van der Waals surface area contributed by atoms with Crippen LogP contribution < -0.4 is 5.32 Å². The lowest BCUT2D eigenvalue weighted by Crippen LogP contribution is -2.37. The maximum absolute atomic E-state index is 12.8. The van der Waals surface area contributed by atoms with Gasteiger partial charge < -0.3 is 5.32 Å². The van der Waals surface area contributed by atoms with Gasteiger partial charge in [-0.05, 0) is 49.1 Å². The molecule has 0 spiro atoms. The number of rotatable bonds is 2. The number of carbonyl (C=O) groups excluding carboxylic acids is 1. The van der Waals surface area contributed by atoms with Gasteiger partial charge in [0.05, 0.1) is 5.41 Å². The molecule has 1 N–H and O–H groups in total. The van der Waals surface area contributed by atoms with Crippen LogP contribution in [0.1, 0.15) is 38.7 Å². The molecule has 2 saturated carbocycles. The second-order valence-electron chi connectivity index (χ2n) is 6.90. The van der Waals surface area contributed by atoms with Crippen LogP contribution in [-0.4, -0.2) is 10.9 Å². The van der Waals surface area contributed by atoms with Gasteiger partial charge in [0, 0.05) is 6.20 Å². The number of pyridine rings is 1. The van der Waals surface area contributed by atoms with Gasteiger partial charge in [-0.3, -0.25) is 4.79 Å². The third-order valence-corrected chi connectivity index (χ3v) is 5.48. The Kier molecular flexibility index (Phi) is 2.79. The normalized spacial score (nSPS) is 30.6. The second-order valence-corrected chi connectivity index (χ2v) is 6.90. The van der Waals surface area contributed by atoms with Gasteiger partial charge >= 0.3 is 0 Å². The summed E-state index contributed by atoms with van der Waals surface area (Å²) in [6.45, 7) is 10.7. The molecule has 3 nitrogen and oxygen atoms in total. The molecule has 2 aliphatic carbocycles. The highest BCUT2D eigenvalue weighted by Crippen LogP contribution is 2.65. The molecule has 3 rings (SSSR count). The van der Waals surface area contributed by atoms with Gasteiger partial charge in [-0.1, -0.05) is 32.1 Å². The van der Waals surface area contributed by atoms with Crippen LogP contribution in [0.25, 0.3) is 0 Å². The molecule has 0 unspecified atom stereocenters. The number of carbonyl (C=O) groups is 1. The zero-order valence-corrected chi connectivity index (χ0v) is 12.5. The predicted molar refractivity (Wildman–Crippen MR) is 80.3 cm³/mol. The lowest BCUT2D eigenvalue weighted by atomic mass is 9.68. The average Bonchev–Trinajstić information content (AvgIpc) is 2.93. The predicted octanol–water partition coefficient (Wildman–Crippen LogP) is 3.71. The van der Waals surface area contributed by atoms with Gasteiger partial charge in [0.15, 0.2) is 0 Å². The van der Waals surface area contributed by atoms with E-state index < -0.39 is 0 Å². The molecule has 1 aromatic rings. The maximum atomic E-state index is 12.8. The van der Waals surface area contributed by atoms with Gasteiger partial charge in [0.25, 0.3) is 0 Å². The lowest BCUT2D eigenvalue weighted by molar-refractivity contribution is -0.123. The SMILES string of the molecule is C=C1C(C)(C)[C@@H]2CC[C@@]1(C(=O)Nc1ccc(C)cn1)C2. The van der Waals surface area contributed by atoms with Crippen molar-refractivity contribution in [2.75, 3.05) is 5.32 Å². The van der Waals surface area contributed by atoms with E-state index in [0.717, 1.165) is 30.4 Å². The molecule has 1 amide bonds. The van der Waals surface area contributed by atoms with Crippen LogP contribution in [0, 0.1) is 23.7 Å². The summed E-state index contributed by atoms with van der Waals surface area (Å²) in [5, 5.41) is 2.99. The first kappa shape index (κ1) is 13.3. The third-order valence-electron chi connectivity index (χ3n) is 5.48. The highest BCUT2D eigenvalue weighted by atomic mass is 16.2. The Bertz CT molecular complexity index is 573. The van der Waals surface area contributed by atoms with E-state index in [2.05, 4.69) is 30.7 Å². The summed E-state index contributed by atoms with van der Waals surface area (Å²) in [5.41, 5.74) is 1.90. The van der Waals surface area contributed by atoms with Crippen molar-refractivity contribution in [1.29, 1.82) is 0 Å². The number of aryl methyl sites for hydroxylation is 1. The molecular weight excluding hydrogens is 248 g/mol. The minimum Gasteiger partial charge on any atom is -0.310 e. The Morgan fingerprint density at radius 2 is 2.20 bits per heavy atom. The van der Waals surface area contributed by atoms with Gasteiger partial charge in [-0.15, -0.1) is 0 Å². The maximum Gasteiger partial charge on any atom is 0.235 e. The summed E-state index contributed by atoms with van der Waals surface area (Å²) in [5.74, 6) is 1.30. The van der Waals surface area contributed by atoms with Crippen molar-refractivity contribution in [3.05, 3.63) is 36.0 Å². The number of nitrogens with zero attached hydrogens (tertiary/aromatic N) is 1. The first-order valence-corrected chi connectivity index (χ1v) is 7.30. The van der Waals surface area contributed by atoms with Crippen molar-refractivity contribution in [3.8, 4) is 0 Å². The summed E-state index contributed by atoms with van der Waals surface area (Å²) >= 11 is 0. The average molecular weight is 270 g/mol. The summed E-state index contributed by atoms with van der Waals surface area (Å²) < 4.78 is 0. The molecule has 3 heteroatoms. The Balaban J connectivity index is 1.84. The van der Waals surface area contributed by atoms with Crippen molar-refractivity contribution in [2.24, 2.45) is 16.7 Å². The number of hydrogen-bond donors (Lipinski definition) is 1. The molecule has 1 aromatic heterocycles. The Hall–Kier alpha value is -1.64. The summed E-state index contributed by atoms with van der Waals surface area (Å²) in [7, 11) is 0. The minimum atomic E-state index is -0.374. The monoisotopic (exact) mass is 270 g/mol. The van der Waals surface area contributed by atoms with Gasteiger partial charge in [0.2, 0.25) is 5.91 Å². The lowest BCUT2D eigenvalue weighted by Gasteiger charge is -2.37. The van der Waals surface area contributed by atoms with E-state index in [4.69, 9.17) is 0 Å². The molecule has 2 bridgehead atoms. The van der Waals surface area contributed by atoms with Crippen molar-refractivity contribution in [1.82, 2.24) is 4.98 Å². The quantitative estimate of drug-likeness (QED) is 0.832. The third kappa shape index (κ3) is 1.72. The van der Waals surface area contributed by atoms with E-state index in [1.54, 1.807) is 6.20 Å². The molecule has 20 heavy (non-hydrogen) atoms. The molecule has 106 valence electrons. The second kappa shape index (κ2) is 4.18. The van der Waals surface area contributed by atoms with Gasteiger partial charge in [-0.2, -0.15) is 0 Å². The zero-order chi connectivity index (χ0) is 14.5. The number of amides is 1. The largest absolute Gasteiger partial charge is 0.310 e. The summed E-state index contributed by atoms with van der Waals surface area (Å²) in [4.78, 5) is 17.0. The number of fused-ring (bicyclic) bond motifs is 2. The number of aromatic nitrogens is 1. The van der Waals surface area contributed by atoms with Gasteiger partial charge in [0.1, 0.15) is 5.82 Å². The Labute approximate surface area is 120 Å². The first-order chi connectivity index (χ1) is 9.36. The highest BCUT2D eigenvalue weighted by Gasteiger charge is 2.60. The van der Waals surface area contributed by atoms with Crippen LogP contribution >= 0.6 is 0 Å². The number of anilines is 1. The molecule has 1 heterocycles. The van der Waals surface area contributed by atoms with E-state index in [9.17, 15) is 4.79 Å². The number of nitrogens with one attached hydrogen (secondary N) is 1. The van der Waals surface area contributed by atoms with E-state index in [1.807, 2.05) is 19.1 Å². The fourth-order valence-corrected chi connectivity index (χ4v) is 3.92. The van der Waals surface area contributed by atoms with Gasteiger partial charge in [-0.25, -0.2) is 4.98 Å².